The van der Waals surface area contributed by atoms with E-state index in [9.17, 15) is 14.0 Å². The lowest BCUT2D eigenvalue weighted by Gasteiger charge is -2.22. The summed E-state index contributed by atoms with van der Waals surface area (Å²) in [7, 11) is 0. The monoisotopic (exact) mass is 337 g/mol. The number of halogens is 1. The summed E-state index contributed by atoms with van der Waals surface area (Å²) < 4.78 is 12.9. The van der Waals surface area contributed by atoms with Gasteiger partial charge in [0.25, 0.3) is 5.91 Å². The first-order valence-electron chi connectivity index (χ1n) is 7.83. The zero-order chi connectivity index (χ0) is 18.0. The first-order chi connectivity index (χ1) is 11.9. The normalized spacial score (nSPS) is 19.6. The SMILES string of the molecule is CC1(c2ccc(C#N)cc2)NC(=O)N(CCc2ccc(F)cc2)C1=O. The molecule has 25 heavy (non-hydrogen) atoms. The molecule has 0 saturated carbocycles. The van der Waals surface area contributed by atoms with E-state index in [4.69, 9.17) is 5.26 Å². The lowest BCUT2D eigenvalue weighted by Crippen LogP contribution is -2.41. The number of amides is 3. The van der Waals surface area contributed by atoms with Gasteiger partial charge >= 0.3 is 6.03 Å². The van der Waals surface area contributed by atoms with Crippen molar-refractivity contribution >= 4 is 11.9 Å². The van der Waals surface area contributed by atoms with Gasteiger partial charge in [-0.3, -0.25) is 9.69 Å². The van der Waals surface area contributed by atoms with Gasteiger partial charge in [0, 0.05) is 6.54 Å². The predicted molar refractivity (Wildman–Crippen MR) is 88.9 cm³/mol. The van der Waals surface area contributed by atoms with Crippen molar-refractivity contribution in [1.82, 2.24) is 10.2 Å². The average molecular weight is 337 g/mol. The highest BCUT2D eigenvalue weighted by Crippen LogP contribution is 2.29. The summed E-state index contributed by atoms with van der Waals surface area (Å²) in [4.78, 5) is 26.2. The van der Waals surface area contributed by atoms with Gasteiger partial charge in [0.1, 0.15) is 11.4 Å². The fourth-order valence-corrected chi connectivity index (χ4v) is 2.87. The van der Waals surface area contributed by atoms with Crippen molar-refractivity contribution in [3.63, 3.8) is 0 Å². The minimum atomic E-state index is -1.16. The Labute approximate surface area is 144 Å². The Morgan fingerprint density at radius 1 is 1.12 bits per heavy atom. The highest BCUT2D eigenvalue weighted by atomic mass is 19.1. The third-order valence-corrected chi connectivity index (χ3v) is 4.40. The minimum absolute atomic E-state index is 0.210. The Morgan fingerprint density at radius 2 is 1.76 bits per heavy atom. The van der Waals surface area contributed by atoms with E-state index in [0.717, 1.165) is 5.56 Å². The third kappa shape index (κ3) is 3.09. The largest absolute Gasteiger partial charge is 0.325 e. The molecule has 2 aromatic rings. The van der Waals surface area contributed by atoms with Crippen LogP contribution in [-0.2, 0) is 16.8 Å². The first-order valence-corrected chi connectivity index (χ1v) is 7.83. The van der Waals surface area contributed by atoms with Crippen LogP contribution in [0, 0.1) is 17.1 Å². The summed E-state index contributed by atoms with van der Waals surface area (Å²) in [6, 6.07) is 14.1. The van der Waals surface area contributed by atoms with Gasteiger partial charge in [0.05, 0.1) is 11.6 Å². The molecule has 1 heterocycles. The van der Waals surface area contributed by atoms with Gasteiger partial charge < -0.3 is 5.32 Å². The van der Waals surface area contributed by atoms with Crippen LogP contribution in [-0.4, -0.2) is 23.4 Å². The maximum atomic E-state index is 12.9. The molecule has 2 aromatic carbocycles. The Balaban J connectivity index is 1.76. The molecule has 3 rings (SSSR count). The molecule has 126 valence electrons. The van der Waals surface area contributed by atoms with Crippen LogP contribution < -0.4 is 5.32 Å². The Morgan fingerprint density at radius 3 is 2.36 bits per heavy atom. The van der Waals surface area contributed by atoms with E-state index < -0.39 is 11.6 Å². The molecule has 6 heteroatoms. The van der Waals surface area contributed by atoms with Crippen LogP contribution >= 0.6 is 0 Å². The van der Waals surface area contributed by atoms with E-state index in [1.54, 1.807) is 43.3 Å². The standard InChI is InChI=1S/C19H16FN3O2/c1-19(15-6-2-14(12-21)3-7-15)17(24)23(18(25)22-19)11-10-13-4-8-16(20)9-5-13/h2-9H,10-11H2,1H3,(H,22,25). The number of carbonyl (C=O) groups is 2. The molecule has 0 aliphatic carbocycles. The number of carbonyl (C=O) groups excluding carboxylic acids is 2. The van der Waals surface area contributed by atoms with Gasteiger partial charge in [0.15, 0.2) is 0 Å². The van der Waals surface area contributed by atoms with Crippen molar-refractivity contribution in [3.8, 4) is 6.07 Å². The van der Waals surface area contributed by atoms with Crippen LogP contribution in [0.2, 0.25) is 0 Å². The van der Waals surface area contributed by atoms with Crippen LogP contribution in [0.25, 0.3) is 0 Å². The maximum Gasteiger partial charge on any atom is 0.325 e. The van der Waals surface area contributed by atoms with Gasteiger partial charge in [-0.25, -0.2) is 9.18 Å². The number of nitrogens with zero attached hydrogens (tertiary/aromatic N) is 2. The summed E-state index contributed by atoms with van der Waals surface area (Å²) in [5, 5.41) is 11.6. The Hall–Kier alpha value is -3.20. The number of urea groups is 1. The zero-order valence-corrected chi connectivity index (χ0v) is 13.6. The van der Waals surface area contributed by atoms with E-state index >= 15 is 0 Å². The number of benzene rings is 2. The second-order valence-electron chi connectivity index (χ2n) is 6.08. The highest BCUT2D eigenvalue weighted by Gasteiger charge is 2.48. The van der Waals surface area contributed by atoms with Crippen LogP contribution in [0.4, 0.5) is 9.18 Å². The number of imide groups is 1. The predicted octanol–water partition coefficient (Wildman–Crippen LogP) is 2.71. The molecule has 0 spiro atoms. The molecule has 0 radical (unpaired) electrons. The maximum absolute atomic E-state index is 12.9. The minimum Gasteiger partial charge on any atom is -0.319 e. The molecular weight excluding hydrogens is 321 g/mol. The van der Waals surface area contributed by atoms with E-state index in [1.807, 2.05) is 6.07 Å². The van der Waals surface area contributed by atoms with Crippen LogP contribution in [0.5, 0.6) is 0 Å². The Kier molecular flexibility index (Phi) is 4.24. The van der Waals surface area contributed by atoms with E-state index in [1.165, 1.54) is 17.0 Å². The van der Waals surface area contributed by atoms with Gasteiger partial charge in [-0.1, -0.05) is 24.3 Å². The van der Waals surface area contributed by atoms with E-state index in [-0.39, 0.29) is 18.3 Å². The quantitative estimate of drug-likeness (QED) is 0.872. The highest BCUT2D eigenvalue weighted by molar-refractivity contribution is 6.07. The molecule has 1 aliphatic heterocycles. The van der Waals surface area contributed by atoms with Crippen LogP contribution in [0.1, 0.15) is 23.6 Å². The van der Waals surface area contributed by atoms with Gasteiger partial charge in [0.2, 0.25) is 0 Å². The molecule has 1 saturated heterocycles. The van der Waals surface area contributed by atoms with E-state index in [0.29, 0.717) is 17.5 Å². The summed E-state index contributed by atoms with van der Waals surface area (Å²) in [6.07, 6.45) is 0.447. The fraction of sp³-hybridized carbons (Fsp3) is 0.211. The van der Waals surface area contributed by atoms with Crippen molar-refractivity contribution in [2.45, 2.75) is 18.9 Å². The second kappa shape index (κ2) is 6.36. The number of hydrogen-bond acceptors (Lipinski definition) is 3. The topological polar surface area (TPSA) is 73.2 Å². The summed E-state index contributed by atoms with van der Waals surface area (Å²) in [6.45, 7) is 1.86. The molecule has 1 unspecified atom stereocenters. The van der Waals surface area contributed by atoms with Crippen LogP contribution in [0.15, 0.2) is 48.5 Å². The van der Waals surface area contributed by atoms with Crippen molar-refractivity contribution in [2.24, 2.45) is 0 Å². The third-order valence-electron chi connectivity index (χ3n) is 4.40. The average Bonchev–Trinajstić information content (AvgIpc) is 2.84. The molecule has 3 amide bonds. The molecule has 1 N–H and O–H groups in total. The van der Waals surface area contributed by atoms with E-state index in [2.05, 4.69) is 5.32 Å². The van der Waals surface area contributed by atoms with Gasteiger partial charge in [-0.2, -0.15) is 5.26 Å². The summed E-state index contributed by atoms with van der Waals surface area (Å²) in [5.74, 6) is -0.670. The summed E-state index contributed by atoms with van der Waals surface area (Å²) in [5.41, 5.74) is 0.786. The molecular formula is C19H16FN3O2. The van der Waals surface area contributed by atoms with Gasteiger partial charge in [-0.15, -0.1) is 0 Å². The molecule has 5 nitrogen and oxygen atoms in total. The lowest BCUT2D eigenvalue weighted by atomic mass is 9.91. The molecule has 1 fully saturated rings. The summed E-state index contributed by atoms with van der Waals surface area (Å²) >= 11 is 0. The molecule has 0 aromatic heterocycles. The molecule has 0 bridgehead atoms. The van der Waals surface area contributed by atoms with Gasteiger partial charge in [-0.05, 0) is 48.7 Å². The smallest absolute Gasteiger partial charge is 0.319 e. The number of hydrogen-bond donors (Lipinski definition) is 1. The number of nitrogens with one attached hydrogen (secondary N) is 1. The number of rotatable bonds is 4. The second-order valence-corrected chi connectivity index (χ2v) is 6.08. The van der Waals surface area contributed by atoms with Crippen molar-refractivity contribution in [3.05, 3.63) is 71.0 Å². The first kappa shape index (κ1) is 16.7. The van der Waals surface area contributed by atoms with Crippen molar-refractivity contribution < 1.29 is 14.0 Å². The zero-order valence-electron chi connectivity index (χ0n) is 13.6. The van der Waals surface area contributed by atoms with Crippen LogP contribution in [0.3, 0.4) is 0 Å². The number of nitriles is 1. The lowest BCUT2D eigenvalue weighted by molar-refractivity contribution is -0.131. The fourth-order valence-electron chi connectivity index (χ4n) is 2.87. The van der Waals surface area contributed by atoms with Crippen molar-refractivity contribution in [2.75, 3.05) is 6.54 Å². The van der Waals surface area contributed by atoms with Crippen molar-refractivity contribution in [1.29, 1.82) is 5.26 Å². The Bertz CT molecular complexity index is 856. The molecule has 1 aliphatic rings. The molecule has 1 atom stereocenters.